The van der Waals surface area contributed by atoms with E-state index in [0.717, 1.165) is 17.4 Å². The quantitative estimate of drug-likeness (QED) is 0.356. The standard InChI is InChI=1S/C10H25NO4P/c1-11(2,3)7-6-10-16(12,14-5)15-9-8-13-4/h6-10H2,1-5H3/q+1. The van der Waals surface area contributed by atoms with Crippen LogP contribution in [0.25, 0.3) is 0 Å². The van der Waals surface area contributed by atoms with Gasteiger partial charge in [0.05, 0.1) is 47.1 Å². The molecule has 0 spiro atoms. The van der Waals surface area contributed by atoms with Crippen molar-refractivity contribution in [1.82, 2.24) is 0 Å². The normalized spacial score (nSPS) is 16.1. The fraction of sp³-hybridized carbons (Fsp3) is 1.00. The summed E-state index contributed by atoms with van der Waals surface area (Å²) in [6.07, 6.45) is 1.28. The minimum absolute atomic E-state index is 0.312. The van der Waals surface area contributed by atoms with Crippen molar-refractivity contribution in [2.24, 2.45) is 0 Å². The van der Waals surface area contributed by atoms with Gasteiger partial charge >= 0.3 is 7.60 Å². The summed E-state index contributed by atoms with van der Waals surface area (Å²) in [4.78, 5) is 0. The molecule has 0 saturated carbocycles. The molecule has 0 N–H and O–H groups in total. The highest BCUT2D eigenvalue weighted by Gasteiger charge is 2.23. The van der Waals surface area contributed by atoms with Crippen LogP contribution >= 0.6 is 7.60 Å². The number of nitrogens with zero attached hydrogens (tertiary/aromatic N) is 1. The topological polar surface area (TPSA) is 44.8 Å². The predicted molar refractivity (Wildman–Crippen MR) is 64.8 cm³/mol. The first-order chi connectivity index (χ1) is 7.33. The molecule has 6 heteroatoms. The zero-order valence-corrected chi connectivity index (χ0v) is 12.0. The summed E-state index contributed by atoms with van der Waals surface area (Å²) in [5.74, 6) is 0. The van der Waals surface area contributed by atoms with Gasteiger partial charge in [0.15, 0.2) is 0 Å². The fourth-order valence-electron chi connectivity index (χ4n) is 1.21. The molecular weight excluding hydrogens is 229 g/mol. The van der Waals surface area contributed by atoms with Gasteiger partial charge in [-0.15, -0.1) is 0 Å². The van der Waals surface area contributed by atoms with Crippen LogP contribution in [0.15, 0.2) is 0 Å². The van der Waals surface area contributed by atoms with Gasteiger partial charge in [-0.2, -0.15) is 0 Å². The molecule has 1 atom stereocenters. The summed E-state index contributed by atoms with van der Waals surface area (Å²) in [7, 11) is 6.41. The highest BCUT2D eigenvalue weighted by atomic mass is 31.2. The van der Waals surface area contributed by atoms with Crippen molar-refractivity contribution in [1.29, 1.82) is 0 Å². The molecule has 0 aliphatic rings. The lowest BCUT2D eigenvalue weighted by molar-refractivity contribution is -0.870. The van der Waals surface area contributed by atoms with Crippen LogP contribution in [0.4, 0.5) is 0 Å². The van der Waals surface area contributed by atoms with Crippen LogP contribution in [0.1, 0.15) is 6.42 Å². The Hall–Kier alpha value is 0.0700. The summed E-state index contributed by atoms with van der Waals surface area (Å²) in [6, 6.07) is 0. The van der Waals surface area contributed by atoms with E-state index in [1.165, 1.54) is 7.11 Å². The summed E-state index contributed by atoms with van der Waals surface area (Å²) in [5.41, 5.74) is 0. The van der Waals surface area contributed by atoms with E-state index in [9.17, 15) is 4.57 Å². The Morgan fingerprint density at radius 2 is 1.75 bits per heavy atom. The summed E-state index contributed by atoms with van der Waals surface area (Å²) in [6.45, 7) is 1.69. The van der Waals surface area contributed by atoms with E-state index in [1.807, 2.05) is 0 Å². The molecule has 0 aliphatic carbocycles. The molecule has 0 aliphatic heterocycles. The molecule has 0 rings (SSSR count). The second-order valence-electron chi connectivity index (χ2n) is 4.71. The zero-order chi connectivity index (χ0) is 12.7. The Labute approximate surface area is 98.8 Å². The number of hydrogen-bond acceptors (Lipinski definition) is 4. The smallest absolute Gasteiger partial charge is 0.330 e. The number of rotatable bonds is 9. The van der Waals surface area contributed by atoms with Gasteiger partial charge in [0, 0.05) is 20.6 Å². The molecule has 0 aromatic carbocycles. The number of ether oxygens (including phenoxy) is 1. The molecule has 0 amide bonds. The maximum atomic E-state index is 12.0. The molecule has 5 nitrogen and oxygen atoms in total. The van der Waals surface area contributed by atoms with Crippen LogP contribution in [-0.4, -0.2) is 65.8 Å². The van der Waals surface area contributed by atoms with Gasteiger partial charge in [-0.3, -0.25) is 4.57 Å². The van der Waals surface area contributed by atoms with E-state index in [0.29, 0.717) is 19.4 Å². The van der Waals surface area contributed by atoms with E-state index in [4.69, 9.17) is 13.8 Å². The lowest BCUT2D eigenvalue weighted by Gasteiger charge is -2.24. The van der Waals surface area contributed by atoms with E-state index in [1.54, 1.807) is 7.11 Å². The zero-order valence-electron chi connectivity index (χ0n) is 11.1. The first-order valence-electron chi connectivity index (χ1n) is 5.42. The fourth-order valence-corrected chi connectivity index (χ4v) is 2.51. The van der Waals surface area contributed by atoms with Crippen LogP contribution < -0.4 is 0 Å². The molecule has 0 saturated heterocycles. The van der Waals surface area contributed by atoms with Gasteiger partial charge in [-0.25, -0.2) is 0 Å². The molecule has 0 aromatic rings. The predicted octanol–water partition coefficient (Wildman–Crippen LogP) is 1.59. The van der Waals surface area contributed by atoms with E-state index < -0.39 is 7.60 Å². The summed E-state index contributed by atoms with van der Waals surface area (Å²) < 4.78 is 27.9. The molecule has 16 heavy (non-hydrogen) atoms. The van der Waals surface area contributed by atoms with Crippen molar-refractivity contribution in [2.75, 3.05) is 61.3 Å². The highest BCUT2D eigenvalue weighted by molar-refractivity contribution is 7.53. The van der Waals surface area contributed by atoms with Gasteiger partial charge in [0.25, 0.3) is 0 Å². The van der Waals surface area contributed by atoms with Gasteiger partial charge in [0.2, 0.25) is 0 Å². The molecule has 0 aromatic heterocycles. The van der Waals surface area contributed by atoms with Crippen molar-refractivity contribution in [3.63, 3.8) is 0 Å². The van der Waals surface area contributed by atoms with Crippen LogP contribution in [0.3, 0.4) is 0 Å². The van der Waals surface area contributed by atoms with Crippen LogP contribution in [0.2, 0.25) is 0 Å². The molecule has 0 bridgehead atoms. The van der Waals surface area contributed by atoms with Crippen molar-refractivity contribution >= 4 is 7.60 Å². The van der Waals surface area contributed by atoms with Gasteiger partial charge < -0.3 is 18.3 Å². The maximum absolute atomic E-state index is 12.0. The van der Waals surface area contributed by atoms with E-state index in [2.05, 4.69) is 21.1 Å². The van der Waals surface area contributed by atoms with Crippen molar-refractivity contribution in [2.45, 2.75) is 6.42 Å². The number of methoxy groups -OCH3 is 1. The lowest BCUT2D eigenvalue weighted by Crippen LogP contribution is -2.35. The molecule has 0 heterocycles. The van der Waals surface area contributed by atoms with Crippen molar-refractivity contribution < 1.29 is 22.8 Å². The third-order valence-electron chi connectivity index (χ3n) is 2.11. The summed E-state index contributed by atoms with van der Waals surface area (Å²) >= 11 is 0. The number of hydrogen-bond donors (Lipinski definition) is 0. The molecule has 0 radical (unpaired) electrons. The van der Waals surface area contributed by atoms with Crippen LogP contribution in [-0.2, 0) is 18.3 Å². The van der Waals surface area contributed by atoms with Crippen molar-refractivity contribution in [3.05, 3.63) is 0 Å². The first-order valence-corrected chi connectivity index (χ1v) is 7.14. The Bertz CT molecular complexity index is 227. The maximum Gasteiger partial charge on any atom is 0.330 e. The third-order valence-corrected chi connectivity index (χ3v) is 4.11. The van der Waals surface area contributed by atoms with E-state index in [-0.39, 0.29) is 0 Å². The minimum atomic E-state index is -2.91. The largest absolute Gasteiger partial charge is 0.382 e. The van der Waals surface area contributed by atoms with Crippen molar-refractivity contribution in [3.8, 4) is 0 Å². The molecule has 1 unspecified atom stereocenters. The van der Waals surface area contributed by atoms with Gasteiger partial charge in [0.1, 0.15) is 0 Å². The summed E-state index contributed by atoms with van der Waals surface area (Å²) in [5, 5.41) is 0. The third kappa shape index (κ3) is 8.25. The molecule has 98 valence electrons. The molecular formula is C10H25NO4P+. The lowest BCUT2D eigenvalue weighted by atomic mass is 10.4. The Morgan fingerprint density at radius 3 is 2.19 bits per heavy atom. The second kappa shape index (κ2) is 7.41. The van der Waals surface area contributed by atoms with Crippen LogP contribution in [0.5, 0.6) is 0 Å². The first kappa shape index (κ1) is 16.1. The van der Waals surface area contributed by atoms with E-state index >= 15 is 0 Å². The second-order valence-corrected chi connectivity index (χ2v) is 7.00. The minimum Gasteiger partial charge on any atom is -0.382 e. The Morgan fingerprint density at radius 1 is 1.12 bits per heavy atom. The number of quaternary nitrogens is 1. The Balaban J connectivity index is 3.92. The highest BCUT2D eigenvalue weighted by Crippen LogP contribution is 2.47. The van der Waals surface area contributed by atoms with Gasteiger partial charge in [-0.1, -0.05) is 0 Å². The van der Waals surface area contributed by atoms with Crippen LogP contribution in [0, 0.1) is 0 Å². The van der Waals surface area contributed by atoms with Gasteiger partial charge in [-0.05, 0) is 0 Å². The molecule has 0 fully saturated rings. The average Bonchev–Trinajstić information content (AvgIpc) is 2.16. The monoisotopic (exact) mass is 254 g/mol. The Kier molecular flexibility index (Phi) is 7.44. The average molecular weight is 254 g/mol. The SMILES string of the molecule is COCCOP(=O)(CCC[N+](C)(C)C)OC.